The van der Waals surface area contributed by atoms with Gasteiger partial charge >= 0.3 is 0 Å². The highest BCUT2D eigenvalue weighted by Crippen LogP contribution is 2.35. The molecule has 4 rings (SSSR count). The molecule has 35 heavy (non-hydrogen) atoms. The first-order valence-corrected chi connectivity index (χ1v) is 12.4. The number of nitrogens with zero attached hydrogens (tertiary/aromatic N) is 4. The summed E-state index contributed by atoms with van der Waals surface area (Å²) in [5, 5.41) is 30.8. The molecule has 0 spiro atoms. The minimum Gasteiger partial charge on any atom is -0.508 e. The van der Waals surface area contributed by atoms with E-state index in [2.05, 4.69) is 15.4 Å². The predicted octanol–water partition coefficient (Wildman–Crippen LogP) is 1.34. The van der Waals surface area contributed by atoms with Crippen LogP contribution < -0.4 is 10.2 Å². The summed E-state index contributed by atoms with van der Waals surface area (Å²) >= 11 is 0. The summed E-state index contributed by atoms with van der Waals surface area (Å²) in [5.41, 5.74) is 2.23. The Morgan fingerprint density at radius 3 is 2.46 bits per heavy atom. The molecule has 1 fully saturated rings. The van der Waals surface area contributed by atoms with Crippen molar-refractivity contribution in [2.75, 3.05) is 19.8 Å². The zero-order valence-corrected chi connectivity index (χ0v) is 19.5. The topological polar surface area (TPSA) is 166 Å². The average Bonchev–Trinajstić information content (AvgIpc) is 3.36. The van der Waals surface area contributed by atoms with E-state index in [4.69, 9.17) is 14.7 Å². The predicted molar refractivity (Wildman–Crippen MR) is 121 cm³/mol. The molecule has 0 radical (unpaired) electrons. The zero-order valence-electron chi connectivity index (χ0n) is 18.7. The fraction of sp³-hybridized carbons (Fsp3) is 0.364. The quantitative estimate of drug-likeness (QED) is 0.220. The maximum atomic E-state index is 13.3. The number of hydroxylamine groups is 1. The van der Waals surface area contributed by atoms with Crippen molar-refractivity contribution in [3.8, 4) is 22.9 Å². The lowest BCUT2D eigenvalue weighted by Gasteiger charge is -2.34. The van der Waals surface area contributed by atoms with Crippen molar-refractivity contribution in [3.63, 3.8) is 0 Å². The fourth-order valence-electron chi connectivity index (χ4n) is 3.82. The first-order chi connectivity index (χ1) is 16.9. The molecule has 3 aromatic rings. The Morgan fingerprint density at radius 2 is 1.80 bits per heavy atom. The van der Waals surface area contributed by atoms with Crippen LogP contribution in [0.4, 0.5) is 0 Å². The molecule has 0 aliphatic carbocycles. The van der Waals surface area contributed by atoms with Crippen molar-refractivity contribution in [1.29, 1.82) is 0 Å². The number of tetrazole rings is 1. The Bertz CT molecular complexity index is 1250. The average molecular weight is 504 g/mol. The van der Waals surface area contributed by atoms with Gasteiger partial charge in [-0.05, 0) is 66.6 Å². The van der Waals surface area contributed by atoms with E-state index in [1.807, 2.05) is 0 Å². The standard InChI is InChI=1S/C22H25N5O7S/c28-17-4-2-16(3-5-17)20-23-26-27(24-20)12-1-13-34-18-6-8-19(9-7-18)35(31,32)22(21(29)25-30)10-14-33-15-11-22/h2-9,28,30H,1,10-15H2,(H,25,29). The number of phenolic OH excluding ortho intramolecular Hbond substituents is 1. The van der Waals surface area contributed by atoms with Crippen molar-refractivity contribution in [3.05, 3.63) is 48.5 Å². The number of amides is 1. The Balaban J connectivity index is 1.33. The van der Waals surface area contributed by atoms with Gasteiger partial charge in [-0.1, -0.05) is 0 Å². The van der Waals surface area contributed by atoms with E-state index in [1.54, 1.807) is 24.3 Å². The molecule has 2 aromatic carbocycles. The molecule has 1 saturated heterocycles. The van der Waals surface area contributed by atoms with Crippen LogP contribution in [0.25, 0.3) is 11.4 Å². The minimum absolute atomic E-state index is 0.0380. The van der Waals surface area contributed by atoms with Crippen LogP contribution in [0.2, 0.25) is 0 Å². The second kappa shape index (κ2) is 10.4. The molecule has 0 bridgehead atoms. The van der Waals surface area contributed by atoms with Gasteiger partial charge in [-0.15, -0.1) is 10.2 Å². The van der Waals surface area contributed by atoms with Crippen molar-refractivity contribution in [2.24, 2.45) is 0 Å². The van der Waals surface area contributed by atoms with Gasteiger partial charge in [0.1, 0.15) is 11.5 Å². The molecular formula is C22H25N5O7S. The van der Waals surface area contributed by atoms with Crippen LogP contribution >= 0.6 is 0 Å². The maximum absolute atomic E-state index is 13.3. The summed E-state index contributed by atoms with van der Waals surface area (Å²) in [6, 6.07) is 12.3. The summed E-state index contributed by atoms with van der Waals surface area (Å²) in [4.78, 5) is 13.7. The molecule has 186 valence electrons. The van der Waals surface area contributed by atoms with E-state index in [0.717, 1.165) is 5.56 Å². The van der Waals surface area contributed by atoms with Crippen molar-refractivity contribution in [1.82, 2.24) is 25.7 Å². The van der Waals surface area contributed by atoms with Gasteiger partial charge in [0.05, 0.1) is 18.0 Å². The Hall–Kier alpha value is -3.55. The number of carbonyl (C=O) groups is 1. The third kappa shape index (κ3) is 5.11. The van der Waals surface area contributed by atoms with Crippen LogP contribution in [0.1, 0.15) is 19.3 Å². The monoisotopic (exact) mass is 503 g/mol. The molecule has 12 nitrogen and oxygen atoms in total. The van der Waals surface area contributed by atoms with E-state index in [9.17, 15) is 18.3 Å². The van der Waals surface area contributed by atoms with Gasteiger partial charge < -0.3 is 14.6 Å². The normalized spacial score (nSPS) is 15.5. The number of nitrogens with one attached hydrogen (secondary N) is 1. The number of sulfone groups is 1. The molecule has 1 aromatic heterocycles. The Morgan fingerprint density at radius 1 is 1.11 bits per heavy atom. The summed E-state index contributed by atoms with van der Waals surface area (Å²) in [6.07, 6.45) is 0.473. The number of phenols is 1. The van der Waals surface area contributed by atoms with Gasteiger partial charge in [-0.2, -0.15) is 4.80 Å². The molecule has 0 atom stereocenters. The minimum atomic E-state index is -4.08. The molecule has 13 heteroatoms. The van der Waals surface area contributed by atoms with Crippen molar-refractivity contribution < 1.29 is 33.0 Å². The lowest BCUT2D eigenvalue weighted by atomic mass is 9.98. The van der Waals surface area contributed by atoms with Gasteiger partial charge in [0, 0.05) is 25.2 Å². The molecule has 1 aliphatic rings. The summed E-state index contributed by atoms with van der Waals surface area (Å²) < 4.78 is 35.6. The van der Waals surface area contributed by atoms with Gasteiger partial charge in [0.2, 0.25) is 5.82 Å². The number of carbonyl (C=O) groups excluding carboxylic acids is 1. The number of hydrogen-bond acceptors (Lipinski definition) is 10. The molecule has 1 amide bonds. The molecule has 0 unspecified atom stereocenters. The smallest absolute Gasteiger partial charge is 0.265 e. The van der Waals surface area contributed by atoms with Crippen LogP contribution in [0.15, 0.2) is 53.4 Å². The number of rotatable bonds is 9. The first-order valence-electron chi connectivity index (χ1n) is 10.9. The number of aromatic hydroxyl groups is 1. The SMILES string of the molecule is O=C(NO)C1(S(=O)(=O)c2ccc(OCCCn3nnc(-c4ccc(O)cc4)n3)cc2)CCOCC1. The van der Waals surface area contributed by atoms with E-state index in [1.165, 1.54) is 34.5 Å². The third-order valence-electron chi connectivity index (χ3n) is 5.81. The van der Waals surface area contributed by atoms with Crippen LogP contribution in [-0.4, -0.2) is 69.4 Å². The van der Waals surface area contributed by atoms with E-state index in [0.29, 0.717) is 31.1 Å². The second-order valence-electron chi connectivity index (χ2n) is 7.98. The highest BCUT2D eigenvalue weighted by Gasteiger charge is 2.52. The van der Waals surface area contributed by atoms with E-state index >= 15 is 0 Å². The Kier molecular flexibility index (Phi) is 7.28. The summed E-state index contributed by atoms with van der Waals surface area (Å²) in [7, 11) is -4.08. The van der Waals surface area contributed by atoms with Gasteiger partial charge in [0.15, 0.2) is 14.6 Å². The van der Waals surface area contributed by atoms with Crippen LogP contribution in [0.5, 0.6) is 11.5 Å². The molecule has 1 aliphatic heterocycles. The van der Waals surface area contributed by atoms with Gasteiger partial charge in [-0.3, -0.25) is 10.0 Å². The second-order valence-corrected chi connectivity index (χ2v) is 10.2. The highest BCUT2D eigenvalue weighted by atomic mass is 32.2. The lowest BCUT2D eigenvalue weighted by Crippen LogP contribution is -2.54. The number of aryl methyl sites for hydroxylation is 1. The maximum Gasteiger partial charge on any atom is 0.265 e. The molecule has 3 N–H and O–H groups in total. The fourth-order valence-corrected chi connectivity index (χ4v) is 5.76. The van der Waals surface area contributed by atoms with E-state index in [-0.39, 0.29) is 36.7 Å². The van der Waals surface area contributed by atoms with Gasteiger partial charge in [-0.25, -0.2) is 13.9 Å². The zero-order chi connectivity index (χ0) is 24.9. The largest absolute Gasteiger partial charge is 0.508 e. The van der Waals surface area contributed by atoms with E-state index < -0.39 is 20.5 Å². The molecule has 0 saturated carbocycles. The van der Waals surface area contributed by atoms with Crippen LogP contribution in [-0.2, 0) is 25.9 Å². The van der Waals surface area contributed by atoms with Crippen LogP contribution in [0.3, 0.4) is 0 Å². The lowest BCUT2D eigenvalue weighted by molar-refractivity contribution is -0.134. The highest BCUT2D eigenvalue weighted by molar-refractivity contribution is 7.93. The first kappa shape index (κ1) is 24.6. The molecule has 2 heterocycles. The summed E-state index contributed by atoms with van der Waals surface area (Å²) in [5.74, 6) is 0.104. The number of aromatic nitrogens is 4. The third-order valence-corrected chi connectivity index (χ3v) is 8.33. The number of benzene rings is 2. The van der Waals surface area contributed by atoms with Gasteiger partial charge in [0.25, 0.3) is 5.91 Å². The van der Waals surface area contributed by atoms with Crippen molar-refractivity contribution >= 4 is 15.7 Å². The summed E-state index contributed by atoms with van der Waals surface area (Å²) in [6.45, 7) is 0.991. The molecular weight excluding hydrogens is 478 g/mol. The number of ether oxygens (including phenoxy) is 2. The number of hydrogen-bond donors (Lipinski definition) is 3. The Labute approximate surface area is 201 Å². The van der Waals surface area contributed by atoms with Crippen LogP contribution in [0, 0.1) is 0 Å². The van der Waals surface area contributed by atoms with Crippen molar-refractivity contribution in [2.45, 2.75) is 35.4 Å².